The largest absolute Gasteiger partial charge is 0.476 e. The normalized spacial score (nSPS) is 10.9. The molecule has 6 heteroatoms. The van der Waals surface area contributed by atoms with Gasteiger partial charge in [0, 0.05) is 6.04 Å². The van der Waals surface area contributed by atoms with E-state index in [1.807, 2.05) is 20.1 Å². The Kier molecular flexibility index (Phi) is 3.60. The number of halogens is 1. The molecule has 0 saturated heterocycles. The van der Waals surface area contributed by atoms with Crippen LogP contribution < -0.4 is 0 Å². The molecule has 0 aromatic carbocycles. The number of rotatable bonds is 3. The van der Waals surface area contributed by atoms with Crippen molar-refractivity contribution in [2.45, 2.75) is 24.9 Å². The van der Waals surface area contributed by atoms with Crippen molar-refractivity contribution < 1.29 is 9.90 Å². The van der Waals surface area contributed by atoms with Gasteiger partial charge in [0.15, 0.2) is 5.69 Å². The summed E-state index contributed by atoms with van der Waals surface area (Å²) in [5.74, 6) is -1.01. The first-order valence-electron chi connectivity index (χ1n) is 4.04. The first-order valence-corrected chi connectivity index (χ1v) is 6.06. The number of aromatic nitrogens is 2. The quantitative estimate of drug-likeness (QED) is 0.864. The summed E-state index contributed by atoms with van der Waals surface area (Å²) in [6.45, 7) is 3.93. The molecule has 1 aromatic rings. The number of thioether (sulfide) groups is 1. The smallest absolute Gasteiger partial charge is 0.357 e. The Morgan fingerprint density at radius 2 is 2.21 bits per heavy atom. The lowest BCUT2D eigenvalue weighted by molar-refractivity contribution is 0.0688. The van der Waals surface area contributed by atoms with Crippen LogP contribution in [-0.4, -0.2) is 27.1 Å². The summed E-state index contributed by atoms with van der Waals surface area (Å²) in [5.41, 5.74) is 0.0723. The highest BCUT2D eigenvalue weighted by Gasteiger charge is 2.21. The second kappa shape index (κ2) is 4.35. The highest BCUT2D eigenvalue weighted by Crippen LogP contribution is 2.31. The maximum atomic E-state index is 10.8. The number of carboxylic acids is 1. The third-order valence-electron chi connectivity index (χ3n) is 1.70. The minimum absolute atomic E-state index is 0.0723. The second-order valence-electron chi connectivity index (χ2n) is 3.02. The van der Waals surface area contributed by atoms with Crippen LogP contribution >= 0.6 is 27.7 Å². The molecule has 0 spiro atoms. The van der Waals surface area contributed by atoms with E-state index in [1.54, 1.807) is 4.68 Å². The van der Waals surface area contributed by atoms with Crippen molar-refractivity contribution in [1.82, 2.24) is 9.78 Å². The summed E-state index contributed by atoms with van der Waals surface area (Å²) in [6.07, 6.45) is 1.90. The van der Waals surface area contributed by atoms with Crippen LogP contribution in [-0.2, 0) is 0 Å². The van der Waals surface area contributed by atoms with E-state index in [2.05, 4.69) is 21.0 Å². The predicted molar refractivity (Wildman–Crippen MR) is 59.1 cm³/mol. The van der Waals surface area contributed by atoms with E-state index in [1.165, 1.54) is 11.8 Å². The zero-order chi connectivity index (χ0) is 10.9. The van der Waals surface area contributed by atoms with Crippen LogP contribution in [0, 0.1) is 0 Å². The van der Waals surface area contributed by atoms with Gasteiger partial charge >= 0.3 is 5.97 Å². The summed E-state index contributed by atoms with van der Waals surface area (Å²) in [6, 6.07) is 0.154. The molecule has 0 radical (unpaired) electrons. The fraction of sp³-hybridized carbons (Fsp3) is 0.500. The summed E-state index contributed by atoms with van der Waals surface area (Å²) in [7, 11) is 0. The molecule has 0 saturated carbocycles. The molecule has 78 valence electrons. The Morgan fingerprint density at radius 3 is 2.50 bits per heavy atom. The molecule has 1 rings (SSSR count). The van der Waals surface area contributed by atoms with Gasteiger partial charge in [0.05, 0.1) is 4.47 Å². The lowest BCUT2D eigenvalue weighted by atomic mass is 10.4. The Labute approximate surface area is 94.8 Å². The zero-order valence-electron chi connectivity index (χ0n) is 8.11. The molecular formula is C8H11BrN2O2S. The topological polar surface area (TPSA) is 55.1 Å². The molecule has 0 fully saturated rings. The number of aromatic carboxylic acids is 1. The van der Waals surface area contributed by atoms with E-state index in [0.717, 1.165) is 5.03 Å². The SMILES string of the molecule is CSc1c(Br)c(C(=O)O)nn1C(C)C. The van der Waals surface area contributed by atoms with Gasteiger partial charge in [0.1, 0.15) is 5.03 Å². The highest BCUT2D eigenvalue weighted by molar-refractivity contribution is 9.10. The molecule has 1 N–H and O–H groups in total. The van der Waals surface area contributed by atoms with Crippen LogP contribution in [0.1, 0.15) is 30.4 Å². The van der Waals surface area contributed by atoms with Gasteiger partial charge in [0.2, 0.25) is 0 Å². The second-order valence-corrected chi connectivity index (χ2v) is 4.60. The zero-order valence-corrected chi connectivity index (χ0v) is 10.5. The fourth-order valence-corrected chi connectivity index (χ4v) is 2.70. The van der Waals surface area contributed by atoms with Crippen molar-refractivity contribution in [3.05, 3.63) is 10.2 Å². The first kappa shape index (κ1) is 11.6. The van der Waals surface area contributed by atoms with Crippen molar-refractivity contribution in [1.29, 1.82) is 0 Å². The Bertz CT molecular complexity index is 362. The fourth-order valence-electron chi connectivity index (χ4n) is 1.07. The number of carboxylic acid groups (broad SMARTS) is 1. The van der Waals surface area contributed by atoms with Crippen molar-refractivity contribution in [3.63, 3.8) is 0 Å². The lowest BCUT2D eigenvalue weighted by Gasteiger charge is -2.08. The van der Waals surface area contributed by atoms with Crippen LogP contribution in [0.5, 0.6) is 0 Å². The van der Waals surface area contributed by atoms with Crippen LogP contribution in [0.3, 0.4) is 0 Å². The van der Waals surface area contributed by atoms with Crippen LogP contribution in [0.4, 0.5) is 0 Å². The van der Waals surface area contributed by atoms with Gasteiger partial charge in [-0.15, -0.1) is 11.8 Å². The molecule has 0 aliphatic carbocycles. The van der Waals surface area contributed by atoms with Gasteiger partial charge in [-0.1, -0.05) is 0 Å². The van der Waals surface area contributed by atoms with E-state index in [9.17, 15) is 4.79 Å². The summed E-state index contributed by atoms with van der Waals surface area (Å²) >= 11 is 4.73. The third-order valence-corrected chi connectivity index (χ3v) is 3.49. The Morgan fingerprint density at radius 1 is 1.64 bits per heavy atom. The molecule has 0 aliphatic heterocycles. The van der Waals surface area contributed by atoms with Crippen molar-refractivity contribution in [2.24, 2.45) is 0 Å². The summed E-state index contributed by atoms with van der Waals surface area (Å²) < 4.78 is 2.27. The maximum absolute atomic E-state index is 10.8. The van der Waals surface area contributed by atoms with Gasteiger partial charge in [-0.25, -0.2) is 4.79 Å². The van der Waals surface area contributed by atoms with Crippen LogP contribution in [0.15, 0.2) is 9.50 Å². The van der Waals surface area contributed by atoms with E-state index >= 15 is 0 Å². The minimum atomic E-state index is -1.01. The third kappa shape index (κ3) is 1.95. The molecule has 0 aliphatic rings. The summed E-state index contributed by atoms with van der Waals surface area (Å²) in [4.78, 5) is 10.8. The first-order chi connectivity index (χ1) is 6.49. The van der Waals surface area contributed by atoms with Crippen molar-refractivity contribution >= 4 is 33.7 Å². The van der Waals surface area contributed by atoms with E-state index in [4.69, 9.17) is 5.11 Å². The van der Waals surface area contributed by atoms with Gasteiger partial charge in [-0.3, -0.25) is 4.68 Å². The number of hydrogen-bond acceptors (Lipinski definition) is 3. The number of carbonyl (C=O) groups is 1. The molecule has 0 unspecified atom stereocenters. The Balaban J connectivity index is 3.31. The van der Waals surface area contributed by atoms with Crippen LogP contribution in [0.25, 0.3) is 0 Å². The number of nitrogens with zero attached hydrogens (tertiary/aromatic N) is 2. The van der Waals surface area contributed by atoms with E-state index in [0.29, 0.717) is 4.47 Å². The monoisotopic (exact) mass is 278 g/mol. The molecule has 1 heterocycles. The molecule has 1 aromatic heterocycles. The lowest BCUT2D eigenvalue weighted by Crippen LogP contribution is -2.06. The van der Waals surface area contributed by atoms with Crippen LogP contribution in [0.2, 0.25) is 0 Å². The van der Waals surface area contributed by atoms with Gasteiger partial charge in [-0.2, -0.15) is 5.10 Å². The van der Waals surface area contributed by atoms with E-state index in [-0.39, 0.29) is 11.7 Å². The van der Waals surface area contributed by atoms with E-state index < -0.39 is 5.97 Å². The van der Waals surface area contributed by atoms with Crippen molar-refractivity contribution in [3.8, 4) is 0 Å². The molecule has 0 bridgehead atoms. The summed E-state index contributed by atoms with van der Waals surface area (Å²) in [5, 5.41) is 13.7. The molecule has 0 amide bonds. The van der Waals surface area contributed by atoms with Gasteiger partial charge in [0.25, 0.3) is 0 Å². The van der Waals surface area contributed by atoms with Gasteiger partial charge in [-0.05, 0) is 36.0 Å². The minimum Gasteiger partial charge on any atom is -0.476 e. The molecule has 14 heavy (non-hydrogen) atoms. The standard InChI is InChI=1S/C8H11BrN2O2S/c1-4(2)11-7(14-3)5(9)6(10-11)8(12)13/h4H,1-3H3,(H,12,13). The van der Waals surface area contributed by atoms with Crippen molar-refractivity contribution in [2.75, 3.05) is 6.26 Å². The van der Waals surface area contributed by atoms with Gasteiger partial charge < -0.3 is 5.11 Å². The predicted octanol–water partition coefficient (Wildman–Crippen LogP) is 2.65. The molecule has 4 nitrogen and oxygen atoms in total. The number of hydrogen-bond donors (Lipinski definition) is 1. The highest BCUT2D eigenvalue weighted by atomic mass is 79.9. The molecule has 0 atom stereocenters. The Hall–Kier alpha value is -0.490. The maximum Gasteiger partial charge on any atom is 0.357 e. The average molecular weight is 279 g/mol. The average Bonchev–Trinajstić information content (AvgIpc) is 2.42. The molecular weight excluding hydrogens is 268 g/mol.